The number of aliphatic hydroxyl groups is 1. The smallest absolute Gasteiger partial charge is 0.227 e. The van der Waals surface area contributed by atoms with E-state index in [-0.39, 0.29) is 18.4 Å². The lowest BCUT2D eigenvalue weighted by atomic mass is 9.92. The van der Waals surface area contributed by atoms with Crippen molar-refractivity contribution < 1.29 is 9.90 Å². The fourth-order valence-electron chi connectivity index (χ4n) is 2.50. The minimum absolute atomic E-state index is 0.105. The molecule has 1 saturated heterocycles. The highest BCUT2D eigenvalue weighted by molar-refractivity contribution is 5.92. The van der Waals surface area contributed by atoms with Crippen LogP contribution in [0.3, 0.4) is 0 Å². The molecule has 4 heteroatoms. The van der Waals surface area contributed by atoms with Crippen molar-refractivity contribution in [1.29, 1.82) is 0 Å². The Hall–Kier alpha value is -1.39. The Balaban J connectivity index is 1.90. The quantitative estimate of drug-likeness (QED) is 0.771. The number of hydrogen-bond acceptors (Lipinski definition) is 3. The average molecular weight is 262 g/mol. The Kier molecular flexibility index (Phi) is 4.93. The topological polar surface area (TPSA) is 61.4 Å². The van der Waals surface area contributed by atoms with Gasteiger partial charge in [-0.3, -0.25) is 4.79 Å². The largest absolute Gasteiger partial charge is 0.396 e. The second-order valence-electron chi connectivity index (χ2n) is 5.24. The number of carbonyl (C=O) groups excluding carboxylic acids is 1. The zero-order chi connectivity index (χ0) is 13.7. The molecule has 0 radical (unpaired) electrons. The van der Waals surface area contributed by atoms with Gasteiger partial charge in [0, 0.05) is 24.3 Å². The lowest BCUT2D eigenvalue weighted by Crippen LogP contribution is -2.40. The van der Waals surface area contributed by atoms with E-state index in [1.54, 1.807) is 0 Å². The molecular weight excluding hydrogens is 240 g/mol. The van der Waals surface area contributed by atoms with Gasteiger partial charge in [0.2, 0.25) is 5.91 Å². The molecule has 2 atom stereocenters. The highest BCUT2D eigenvalue weighted by Gasteiger charge is 2.24. The molecule has 1 heterocycles. The van der Waals surface area contributed by atoms with Gasteiger partial charge in [-0.25, -0.2) is 0 Å². The lowest BCUT2D eigenvalue weighted by Gasteiger charge is -2.27. The maximum absolute atomic E-state index is 12.1. The first-order valence-electron chi connectivity index (χ1n) is 6.93. The fraction of sp³-hybridized carbons (Fsp3) is 0.533. The Labute approximate surface area is 114 Å². The van der Waals surface area contributed by atoms with Gasteiger partial charge in [-0.05, 0) is 50.4 Å². The average Bonchev–Trinajstić information content (AvgIpc) is 2.41. The number of nitrogens with one attached hydrogen (secondary N) is 2. The van der Waals surface area contributed by atoms with Gasteiger partial charge in [-0.1, -0.05) is 12.1 Å². The minimum atomic E-state index is 0.105. The Bertz CT molecular complexity index is 417. The molecule has 0 bridgehead atoms. The fourth-order valence-corrected chi connectivity index (χ4v) is 2.50. The standard InChI is InChI=1S/C15H22N2O2/c1-11-10-13(6-8-16-11)15(19)17-14-4-2-12(3-5-14)7-9-18/h2-5,11,13,16,18H,6-10H2,1H3,(H,17,19)/t11-,13-/m0/s1. The molecule has 1 amide bonds. The number of piperidine rings is 1. The van der Waals surface area contributed by atoms with Crippen molar-refractivity contribution in [3.63, 3.8) is 0 Å². The SMILES string of the molecule is C[C@H]1C[C@@H](C(=O)Nc2ccc(CCO)cc2)CCN1. The van der Waals surface area contributed by atoms with Crippen LogP contribution in [0.15, 0.2) is 24.3 Å². The highest BCUT2D eigenvalue weighted by atomic mass is 16.2. The van der Waals surface area contributed by atoms with Crippen LogP contribution >= 0.6 is 0 Å². The summed E-state index contributed by atoms with van der Waals surface area (Å²) in [5.74, 6) is 0.219. The van der Waals surface area contributed by atoms with Gasteiger partial charge in [0.15, 0.2) is 0 Å². The van der Waals surface area contributed by atoms with Crippen LogP contribution < -0.4 is 10.6 Å². The van der Waals surface area contributed by atoms with Gasteiger partial charge in [0.25, 0.3) is 0 Å². The summed E-state index contributed by atoms with van der Waals surface area (Å²) in [5.41, 5.74) is 1.91. The van der Waals surface area contributed by atoms with E-state index in [4.69, 9.17) is 5.11 Å². The number of anilines is 1. The minimum Gasteiger partial charge on any atom is -0.396 e. The van der Waals surface area contributed by atoms with E-state index >= 15 is 0 Å². The molecular formula is C15H22N2O2. The number of hydrogen-bond donors (Lipinski definition) is 3. The number of amides is 1. The Morgan fingerprint density at radius 3 is 2.79 bits per heavy atom. The van der Waals surface area contributed by atoms with E-state index in [1.807, 2.05) is 24.3 Å². The molecule has 4 nitrogen and oxygen atoms in total. The van der Waals surface area contributed by atoms with Crippen molar-refractivity contribution in [3.05, 3.63) is 29.8 Å². The third-order valence-corrected chi connectivity index (χ3v) is 3.62. The predicted octanol–water partition coefficient (Wildman–Crippen LogP) is 1.55. The molecule has 2 rings (SSSR count). The van der Waals surface area contributed by atoms with E-state index in [1.165, 1.54) is 0 Å². The third kappa shape index (κ3) is 4.04. The summed E-state index contributed by atoms with van der Waals surface area (Å²) in [7, 11) is 0. The zero-order valence-electron chi connectivity index (χ0n) is 11.4. The van der Waals surface area contributed by atoms with Crippen LogP contribution in [0, 0.1) is 5.92 Å². The van der Waals surface area contributed by atoms with Gasteiger partial charge in [0.05, 0.1) is 0 Å². The molecule has 0 unspecified atom stereocenters. The second-order valence-corrected chi connectivity index (χ2v) is 5.24. The molecule has 3 N–H and O–H groups in total. The zero-order valence-corrected chi connectivity index (χ0v) is 11.4. The van der Waals surface area contributed by atoms with Crippen LogP contribution in [0.25, 0.3) is 0 Å². The van der Waals surface area contributed by atoms with Gasteiger partial charge in [0.1, 0.15) is 0 Å². The summed E-state index contributed by atoms with van der Waals surface area (Å²) in [4.78, 5) is 12.1. The normalized spacial score (nSPS) is 23.1. The molecule has 1 aliphatic rings. The summed E-state index contributed by atoms with van der Waals surface area (Å²) in [5, 5.41) is 15.2. The van der Waals surface area contributed by atoms with Gasteiger partial charge in [-0.2, -0.15) is 0 Å². The van der Waals surface area contributed by atoms with Crippen LogP contribution in [0.4, 0.5) is 5.69 Å². The lowest BCUT2D eigenvalue weighted by molar-refractivity contribution is -0.120. The van der Waals surface area contributed by atoms with E-state index in [9.17, 15) is 4.79 Å². The predicted molar refractivity (Wildman–Crippen MR) is 76.1 cm³/mol. The summed E-state index contributed by atoms with van der Waals surface area (Å²) < 4.78 is 0. The summed E-state index contributed by atoms with van der Waals surface area (Å²) in [6.07, 6.45) is 2.45. The number of aliphatic hydroxyl groups excluding tert-OH is 1. The van der Waals surface area contributed by atoms with Crippen LogP contribution in [0.5, 0.6) is 0 Å². The molecule has 0 aromatic heterocycles. The van der Waals surface area contributed by atoms with Crippen LogP contribution in [-0.4, -0.2) is 30.2 Å². The molecule has 1 fully saturated rings. The first kappa shape index (κ1) is 14.0. The van der Waals surface area contributed by atoms with Crippen LogP contribution in [0.2, 0.25) is 0 Å². The summed E-state index contributed by atoms with van der Waals surface area (Å²) in [6, 6.07) is 8.09. The van der Waals surface area contributed by atoms with Crippen LogP contribution in [-0.2, 0) is 11.2 Å². The summed E-state index contributed by atoms with van der Waals surface area (Å²) >= 11 is 0. The van der Waals surface area contributed by atoms with Crippen molar-refractivity contribution in [2.45, 2.75) is 32.2 Å². The van der Waals surface area contributed by atoms with Gasteiger partial charge >= 0.3 is 0 Å². The summed E-state index contributed by atoms with van der Waals surface area (Å²) in [6.45, 7) is 3.18. The molecule has 1 aromatic rings. The van der Waals surface area contributed by atoms with Crippen LogP contribution in [0.1, 0.15) is 25.3 Å². The Morgan fingerprint density at radius 2 is 2.16 bits per heavy atom. The van der Waals surface area contributed by atoms with E-state index < -0.39 is 0 Å². The molecule has 19 heavy (non-hydrogen) atoms. The van der Waals surface area contributed by atoms with Gasteiger partial charge in [-0.15, -0.1) is 0 Å². The van der Waals surface area contributed by atoms with E-state index in [0.717, 1.165) is 30.6 Å². The first-order chi connectivity index (χ1) is 9.19. The molecule has 0 saturated carbocycles. The van der Waals surface area contributed by atoms with Crippen molar-refractivity contribution in [3.8, 4) is 0 Å². The molecule has 1 aliphatic heterocycles. The van der Waals surface area contributed by atoms with Crippen molar-refractivity contribution in [1.82, 2.24) is 5.32 Å². The molecule has 0 aliphatic carbocycles. The number of rotatable bonds is 4. The van der Waals surface area contributed by atoms with E-state index in [2.05, 4.69) is 17.6 Å². The first-order valence-corrected chi connectivity index (χ1v) is 6.93. The number of benzene rings is 1. The molecule has 0 spiro atoms. The monoisotopic (exact) mass is 262 g/mol. The van der Waals surface area contributed by atoms with Crippen molar-refractivity contribution >= 4 is 11.6 Å². The Morgan fingerprint density at radius 1 is 1.42 bits per heavy atom. The van der Waals surface area contributed by atoms with Crippen molar-refractivity contribution in [2.24, 2.45) is 5.92 Å². The molecule has 1 aromatic carbocycles. The van der Waals surface area contributed by atoms with E-state index in [0.29, 0.717) is 12.5 Å². The number of carbonyl (C=O) groups is 1. The third-order valence-electron chi connectivity index (χ3n) is 3.62. The molecule has 104 valence electrons. The second kappa shape index (κ2) is 6.68. The maximum Gasteiger partial charge on any atom is 0.227 e. The highest BCUT2D eigenvalue weighted by Crippen LogP contribution is 2.19. The maximum atomic E-state index is 12.1. The van der Waals surface area contributed by atoms with Gasteiger partial charge < -0.3 is 15.7 Å². The van der Waals surface area contributed by atoms with Crippen molar-refractivity contribution in [2.75, 3.05) is 18.5 Å².